The minimum atomic E-state index is -0.0806. The highest BCUT2D eigenvalue weighted by atomic mass is 16.5. The molecule has 0 aliphatic carbocycles. The third-order valence-electron chi connectivity index (χ3n) is 2.99. The van der Waals surface area contributed by atoms with Crippen LogP contribution in [0.15, 0.2) is 43.0 Å². The summed E-state index contributed by atoms with van der Waals surface area (Å²) in [5.74, 6) is -0.0806. The van der Waals surface area contributed by atoms with Crippen LogP contribution < -0.4 is 5.32 Å². The number of ether oxygens (including phenoxy) is 1. The van der Waals surface area contributed by atoms with E-state index in [-0.39, 0.29) is 5.91 Å². The van der Waals surface area contributed by atoms with Crippen LogP contribution in [0.3, 0.4) is 0 Å². The summed E-state index contributed by atoms with van der Waals surface area (Å²) in [7, 11) is 1.61. The van der Waals surface area contributed by atoms with Crippen LogP contribution in [0.4, 0.5) is 0 Å². The predicted octanol–water partition coefficient (Wildman–Crippen LogP) is 2.86. The van der Waals surface area contributed by atoms with Crippen molar-refractivity contribution in [1.82, 2.24) is 5.32 Å². The molecule has 0 aliphatic rings. The molecule has 0 aromatic heterocycles. The number of rotatable bonds is 5. The second kappa shape index (κ2) is 6.16. The van der Waals surface area contributed by atoms with Gasteiger partial charge >= 0.3 is 0 Å². The Balaban J connectivity index is 2.26. The van der Waals surface area contributed by atoms with Crippen LogP contribution in [-0.2, 0) is 4.74 Å². The number of nitrogens with one attached hydrogen (secondary N) is 1. The van der Waals surface area contributed by atoms with Crippen LogP contribution in [0.25, 0.3) is 16.8 Å². The molecule has 0 unspecified atom stereocenters. The van der Waals surface area contributed by atoms with Gasteiger partial charge in [0.25, 0.3) is 5.91 Å². The van der Waals surface area contributed by atoms with Gasteiger partial charge in [0.2, 0.25) is 0 Å². The van der Waals surface area contributed by atoms with Crippen molar-refractivity contribution in [2.45, 2.75) is 0 Å². The molecule has 0 aliphatic heterocycles. The van der Waals surface area contributed by atoms with Crippen molar-refractivity contribution in [3.63, 3.8) is 0 Å². The first kappa shape index (κ1) is 13.3. The van der Waals surface area contributed by atoms with E-state index in [0.717, 1.165) is 16.3 Å². The van der Waals surface area contributed by atoms with Gasteiger partial charge in [-0.05, 0) is 28.5 Å². The second-order valence-corrected chi connectivity index (χ2v) is 4.24. The van der Waals surface area contributed by atoms with Gasteiger partial charge in [-0.3, -0.25) is 4.79 Å². The number of methoxy groups -OCH3 is 1. The number of benzene rings is 2. The van der Waals surface area contributed by atoms with Crippen LogP contribution in [0, 0.1) is 0 Å². The van der Waals surface area contributed by atoms with Crippen molar-refractivity contribution >= 4 is 22.8 Å². The molecule has 1 N–H and O–H groups in total. The van der Waals surface area contributed by atoms with Crippen molar-refractivity contribution < 1.29 is 9.53 Å². The van der Waals surface area contributed by atoms with Crippen molar-refractivity contribution in [2.24, 2.45) is 0 Å². The quantitative estimate of drug-likeness (QED) is 0.834. The summed E-state index contributed by atoms with van der Waals surface area (Å²) in [5.41, 5.74) is 1.73. The van der Waals surface area contributed by atoms with Gasteiger partial charge in [0.05, 0.1) is 6.61 Å². The van der Waals surface area contributed by atoms with E-state index >= 15 is 0 Å². The van der Waals surface area contributed by atoms with Crippen molar-refractivity contribution in [2.75, 3.05) is 20.3 Å². The van der Waals surface area contributed by atoms with Gasteiger partial charge in [0.15, 0.2) is 0 Å². The Bertz CT molecular complexity index is 605. The van der Waals surface area contributed by atoms with Crippen LogP contribution >= 0.6 is 0 Å². The van der Waals surface area contributed by atoms with Gasteiger partial charge < -0.3 is 10.1 Å². The Morgan fingerprint density at radius 1 is 1.37 bits per heavy atom. The topological polar surface area (TPSA) is 38.3 Å². The molecule has 1 amide bonds. The fourth-order valence-electron chi connectivity index (χ4n) is 2.00. The molecule has 2 aromatic carbocycles. The maximum Gasteiger partial charge on any atom is 0.251 e. The standard InChI is InChI=1S/C16H17NO2/c1-3-12-5-4-6-13-11-14(7-8-15(12)13)16(18)17-9-10-19-2/h3-8,11H,1,9-10H2,2H3,(H,17,18). The lowest BCUT2D eigenvalue weighted by molar-refractivity contribution is 0.0937. The highest BCUT2D eigenvalue weighted by Gasteiger charge is 2.06. The van der Waals surface area contributed by atoms with E-state index in [1.165, 1.54) is 0 Å². The third kappa shape index (κ3) is 3.01. The molecule has 0 saturated heterocycles. The zero-order valence-electron chi connectivity index (χ0n) is 11.0. The predicted molar refractivity (Wildman–Crippen MR) is 78.2 cm³/mol. The number of hydrogen-bond donors (Lipinski definition) is 1. The van der Waals surface area contributed by atoms with Gasteiger partial charge in [-0.15, -0.1) is 0 Å². The lowest BCUT2D eigenvalue weighted by Gasteiger charge is -2.07. The minimum Gasteiger partial charge on any atom is -0.383 e. The molecule has 0 radical (unpaired) electrons. The van der Waals surface area contributed by atoms with Gasteiger partial charge in [-0.25, -0.2) is 0 Å². The van der Waals surface area contributed by atoms with Crippen LogP contribution in [0.5, 0.6) is 0 Å². The molecular weight excluding hydrogens is 238 g/mol. The van der Waals surface area contributed by atoms with E-state index in [1.54, 1.807) is 7.11 Å². The molecule has 0 fully saturated rings. The molecule has 2 aromatic rings. The largest absolute Gasteiger partial charge is 0.383 e. The van der Waals surface area contributed by atoms with E-state index < -0.39 is 0 Å². The lowest BCUT2D eigenvalue weighted by atomic mass is 10.0. The third-order valence-corrected chi connectivity index (χ3v) is 2.99. The number of fused-ring (bicyclic) bond motifs is 1. The smallest absolute Gasteiger partial charge is 0.251 e. The Morgan fingerprint density at radius 3 is 2.95 bits per heavy atom. The van der Waals surface area contributed by atoms with Gasteiger partial charge in [-0.2, -0.15) is 0 Å². The van der Waals surface area contributed by atoms with E-state index in [2.05, 4.69) is 11.9 Å². The van der Waals surface area contributed by atoms with E-state index in [4.69, 9.17) is 4.74 Å². The Morgan fingerprint density at radius 2 is 2.21 bits per heavy atom. The molecule has 2 rings (SSSR count). The second-order valence-electron chi connectivity index (χ2n) is 4.24. The highest BCUT2D eigenvalue weighted by molar-refractivity contribution is 6.00. The van der Waals surface area contributed by atoms with Crippen LogP contribution in [0.2, 0.25) is 0 Å². The van der Waals surface area contributed by atoms with Crippen LogP contribution in [0.1, 0.15) is 15.9 Å². The number of hydrogen-bond acceptors (Lipinski definition) is 2. The fourth-order valence-corrected chi connectivity index (χ4v) is 2.00. The minimum absolute atomic E-state index is 0.0806. The Labute approximate surface area is 112 Å². The molecule has 0 spiro atoms. The zero-order chi connectivity index (χ0) is 13.7. The van der Waals surface area contributed by atoms with E-state index in [1.807, 2.05) is 42.5 Å². The van der Waals surface area contributed by atoms with Crippen molar-refractivity contribution in [3.8, 4) is 0 Å². The molecule has 19 heavy (non-hydrogen) atoms. The molecule has 98 valence electrons. The van der Waals surface area contributed by atoms with Gasteiger partial charge in [0, 0.05) is 19.2 Å². The lowest BCUT2D eigenvalue weighted by Crippen LogP contribution is -2.26. The molecule has 0 bridgehead atoms. The van der Waals surface area contributed by atoms with E-state index in [0.29, 0.717) is 18.7 Å². The average Bonchev–Trinajstić information content (AvgIpc) is 2.46. The summed E-state index contributed by atoms with van der Waals surface area (Å²) in [5, 5.41) is 4.95. The van der Waals surface area contributed by atoms with Crippen LogP contribution in [-0.4, -0.2) is 26.2 Å². The monoisotopic (exact) mass is 255 g/mol. The highest BCUT2D eigenvalue weighted by Crippen LogP contribution is 2.21. The van der Waals surface area contributed by atoms with Crippen molar-refractivity contribution in [3.05, 3.63) is 54.1 Å². The molecule has 0 saturated carbocycles. The molecule has 0 heterocycles. The summed E-state index contributed by atoms with van der Waals surface area (Å²) in [6, 6.07) is 11.6. The molecule has 3 heteroatoms. The summed E-state index contributed by atoms with van der Waals surface area (Å²) in [6.45, 7) is 4.82. The first-order chi connectivity index (χ1) is 9.26. The van der Waals surface area contributed by atoms with Gasteiger partial charge in [-0.1, -0.05) is 36.9 Å². The molecule has 3 nitrogen and oxygen atoms in total. The maximum atomic E-state index is 11.9. The summed E-state index contributed by atoms with van der Waals surface area (Å²) in [6.07, 6.45) is 1.82. The number of carbonyl (C=O) groups excluding carboxylic acids is 1. The SMILES string of the molecule is C=Cc1cccc2cc(C(=O)NCCOC)ccc12. The first-order valence-electron chi connectivity index (χ1n) is 6.18. The van der Waals surface area contributed by atoms with Gasteiger partial charge in [0.1, 0.15) is 0 Å². The zero-order valence-corrected chi connectivity index (χ0v) is 11.0. The van der Waals surface area contributed by atoms with Crippen molar-refractivity contribution in [1.29, 1.82) is 0 Å². The summed E-state index contributed by atoms with van der Waals surface area (Å²) < 4.78 is 4.90. The number of amides is 1. The summed E-state index contributed by atoms with van der Waals surface area (Å²) in [4.78, 5) is 11.9. The summed E-state index contributed by atoms with van der Waals surface area (Å²) >= 11 is 0. The molecular formula is C16H17NO2. The fraction of sp³-hybridized carbons (Fsp3) is 0.188. The normalized spacial score (nSPS) is 10.4. The maximum absolute atomic E-state index is 11.9. The Kier molecular flexibility index (Phi) is 4.31. The Hall–Kier alpha value is -2.13. The van der Waals surface area contributed by atoms with E-state index in [9.17, 15) is 4.79 Å². The number of carbonyl (C=O) groups is 1. The average molecular weight is 255 g/mol. The molecule has 0 atom stereocenters. The first-order valence-corrected chi connectivity index (χ1v) is 6.18.